The summed E-state index contributed by atoms with van der Waals surface area (Å²) in [7, 11) is 0. The van der Waals surface area contributed by atoms with Crippen molar-refractivity contribution >= 4 is 5.91 Å². The van der Waals surface area contributed by atoms with Crippen LogP contribution in [0.3, 0.4) is 0 Å². The molecule has 0 aromatic carbocycles. The molecule has 14 heteroatoms. The smallest absolute Gasteiger partial charge is 0.220 e. The van der Waals surface area contributed by atoms with Crippen molar-refractivity contribution in [2.24, 2.45) is 0 Å². The summed E-state index contributed by atoms with van der Waals surface area (Å²) in [6.45, 7) is 2.73. The Bertz CT molecular complexity index is 1250. The molecule has 2 aliphatic rings. The van der Waals surface area contributed by atoms with E-state index in [0.29, 0.717) is 12.8 Å². The van der Waals surface area contributed by atoms with E-state index in [4.69, 9.17) is 18.9 Å². The second-order valence-electron chi connectivity index (χ2n) is 18.6. The molecule has 0 aromatic rings. The first-order valence-corrected chi connectivity index (χ1v) is 26.2. The number of rotatable bonds is 40. The largest absolute Gasteiger partial charge is 0.394 e. The molecular formula is C52H95NO13. The summed E-state index contributed by atoms with van der Waals surface area (Å²) >= 11 is 0. The summed E-state index contributed by atoms with van der Waals surface area (Å²) in [6, 6.07) is -0.932. The molecule has 14 nitrogen and oxygen atoms in total. The Morgan fingerprint density at radius 2 is 0.970 bits per heavy atom. The summed E-state index contributed by atoms with van der Waals surface area (Å²) in [4.78, 5) is 13.1. The van der Waals surface area contributed by atoms with Crippen LogP contribution in [0.1, 0.15) is 194 Å². The number of nitrogens with one attached hydrogen (secondary N) is 1. The van der Waals surface area contributed by atoms with Crippen molar-refractivity contribution in [1.82, 2.24) is 5.32 Å². The minimum atomic E-state index is -1.79. The van der Waals surface area contributed by atoms with Crippen LogP contribution in [-0.2, 0) is 23.7 Å². The second-order valence-corrected chi connectivity index (χ2v) is 18.6. The summed E-state index contributed by atoms with van der Waals surface area (Å²) in [5.74, 6) is -0.258. The van der Waals surface area contributed by atoms with Crippen molar-refractivity contribution in [3.05, 3.63) is 36.5 Å². The third kappa shape index (κ3) is 25.7. The molecular weight excluding hydrogens is 847 g/mol. The maximum Gasteiger partial charge on any atom is 0.220 e. The van der Waals surface area contributed by atoms with Gasteiger partial charge in [-0.1, -0.05) is 179 Å². The van der Waals surface area contributed by atoms with Crippen LogP contribution in [0.2, 0.25) is 0 Å². The molecule has 2 fully saturated rings. The van der Waals surface area contributed by atoms with E-state index in [1.165, 1.54) is 116 Å². The minimum Gasteiger partial charge on any atom is -0.394 e. The Labute approximate surface area is 398 Å². The average Bonchev–Trinajstić information content (AvgIpc) is 3.31. The maximum absolute atomic E-state index is 13.1. The van der Waals surface area contributed by atoms with E-state index in [1.54, 1.807) is 6.08 Å². The first-order chi connectivity index (χ1) is 32.1. The average molecular weight is 942 g/mol. The van der Waals surface area contributed by atoms with Crippen LogP contribution in [0.25, 0.3) is 0 Å². The number of aliphatic hydroxyl groups is 8. The third-order valence-corrected chi connectivity index (χ3v) is 12.8. The van der Waals surface area contributed by atoms with Gasteiger partial charge in [-0.05, 0) is 44.9 Å². The minimum absolute atomic E-state index is 0.258. The zero-order valence-corrected chi connectivity index (χ0v) is 40.9. The monoisotopic (exact) mass is 942 g/mol. The summed E-state index contributed by atoms with van der Waals surface area (Å²) in [5.41, 5.74) is 0. The van der Waals surface area contributed by atoms with Crippen molar-refractivity contribution in [3.63, 3.8) is 0 Å². The van der Waals surface area contributed by atoms with Gasteiger partial charge >= 0.3 is 0 Å². The Hall–Kier alpha value is -1.79. The molecule has 2 heterocycles. The summed E-state index contributed by atoms with van der Waals surface area (Å²) < 4.78 is 22.6. The highest BCUT2D eigenvalue weighted by Crippen LogP contribution is 2.30. The van der Waals surface area contributed by atoms with Gasteiger partial charge in [-0.15, -0.1) is 0 Å². The lowest BCUT2D eigenvalue weighted by Gasteiger charge is -2.46. The SMILES string of the molecule is CCCCCCCCCCCCCCC/C=C/CC/C=C/CC/C=C/C(O)C(COC1OC(CO)C(OC2OC(CO)C(O)C(O)C2O)C(O)C1O)NC(=O)CCCCCCCCCCC. The van der Waals surface area contributed by atoms with Crippen molar-refractivity contribution in [1.29, 1.82) is 0 Å². The van der Waals surface area contributed by atoms with Crippen LogP contribution >= 0.6 is 0 Å². The summed E-state index contributed by atoms with van der Waals surface area (Å²) in [5, 5.41) is 86.6. The predicted octanol–water partition coefficient (Wildman–Crippen LogP) is 7.10. The lowest BCUT2D eigenvalue weighted by atomic mass is 9.97. The number of hydrogen-bond acceptors (Lipinski definition) is 13. The molecule has 2 aliphatic heterocycles. The fourth-order valence-electron chi connectivity index (χ4n) is 8.50. The predicted molar refractivity (Wildman–Crippen MR) is 258 cm³/mol. The van der Waals surface area contributed by atoms with Crippen molar-refractivity contribution < 1.29 is 64.6 Å². The Morgan fingerprint density at radius 1 is 0.530 bits per heavy atom. The van der Waals surface area contributed by atoms with Crippen LogP contribution < -0.4 is 5.32 Å². The van der Waals surface area contributed by atoms with Crippen LogP contribution in [0.15, 0.2) is 36.5 Å². The van der Waals surface area contributed by atoms with Crippen molar-refractivity contribution in [2.45, 2.75) is 267 Å². The molecule has 0 bridgehead atoms. The van der Waals surface area contributed by atoms with Gasteiger partial charge < -0.3 is 65.1 Å². The molecule has 1 amide bonds. The number of carbonyl (C=O) groups excluding carboxylic acids is 1. The molecule has 0 spiro atoms. The van der Waals surface area contributed by atoms with E-state index >= 15 is 0 Å². The van der Waals surface area contributed by atoms with Gasteiger partial charge in [0.15, 0.2) is 12.6 Å². The molecule has 66 heavy (non-hydrogen) atoms. The highest BCUT2D eigenvalue weighted by molar-refractivity contribution is 5.76. The normalized spacial score (nSPS) is 27.1. The van der Waals surface area contributed by atoms with E-state index in [-0.39, 0.29) is 18.9 Å². The van der Waals surface area contributed by atoms with Gasteiger partial charge in [0.05, 0.1) is 32.0 Å². The number of unbranched alkanes of at least 4 members (excludes halogenated alkanes) is 23. The zero-order valence-electron chi connectivity index (χ0n) is 40.9. The van der Waals surface area contributed by atoms with Gasteiger partial charge in [-0.3, -0.25) is 4.79 Å². The molecule has 9 N–H and O–H groups in total. The molecule has 0 aliphatic carbocycles. The quantitative estimate of drug-likeness (QED) is 0.0221. The van der Waals surface area contributed by atoms with Crippen molar-refractivity contribution in [3.8, 4) is 0 Å². The van der Waals surface area contributed by atoms with Gasteiger partial charge in [-0.25, -0.2) is 0 Å². The van der Waals surface area contributed by atoms with Crippen LogP contribution in [0.5, 0.6) is 0 Å². The fourth-order valence-corrected chi connectivity index (χ4v) is 8.50. The molecule has 12 unspecified atom stereocenters. The number of allylic oxidation sites excluding steroid dienone is 5. The molecule has 0 aromatic heterocycles. The van der Waals surface area contributed by atoms with Crippen LogP contribution in [-0.4, -0.2) is 140 Å². The van der Waals surface area contributed by atoms with E-state index in [9.17, 15) is 45.6 Å². The maximum atomic E-state index is 13.1. The third-order valence-electron chi connectivity index (χ3n) is 12.8. The lowest BCUT2D eigenvalue weighted by molar-refractivity contribution is -0.359. The Kier molecular flexibility index (Phi) is 35.6. The number of ether oxygens (including phenoxy) is 4. The number of hydrogen-bond donors (Lipinski definition) is 9. The Morgan fingerprint density at radius 3 is 1.48 bits per heavy atom. The second kappa shape index (κ2) is 39.0. The number of amides is 1. The van der Waals surface area contributed by atoms with Crippen LogP contribution in [0, 0.1) is 0 Å². The van der Waals surface area contributed by atoms with Gasteiger partial charge in [-0.2, -0.15) is 0 Å². The first-order valence-electron chi connectivity index (χ1n) is 26.2. The first kappa shape index (κ1) is 60.3. The molecule has 0 radical (unpaired) electrons. The molecule has 386 valence electrons. The molecule has 12 atom stereocenters. The van der Waals surface area contributed by atoms with Gasteiger partial charge in [0.25, 0.3) is 0 Å². The van der Waals surface area contributed by atoms with Gasteiger partial charge in [0, 0.05) is 6.42 Å². The van der Waals surface area contributed by atoms with Gasteiger partial charge in [0.2, 0.25) is 5.91 Å². The number of carbonyl (C=O) groups is 1. The van der Waals surface area contributed by atoms with Gasteiger partial charge in [0.1, 0.15) is 48.8 Å². The molecule has 2 rings (SSSR count). The molecule has 0 saturated carbocycles. The van der Waals surface area contributed by atoms with E-state index in [1.807, 2.05) is 6.08 Å². The highest BCUT2D eigenvalue weighted by atomic mass is 16.7. The molecule has 2 saturated heterocycles. The number of aliphatic hydroxyl groups excluding tert-OH is 8. The lowest BCUT2D eigenvalue weighted by Crippen LogP contribution is -2.65. The Balaban J connectivity index is 1.81. The highest BCUT2D eigenvalue weighted by Gasteiger charge is 2.51. The van der Waals surface area contributed by atoms with E-state index in [0.717, 1.165) is 44.9 Å². The summed E-state index contributed by atoms with van der Waals surface area (Å²) in [6.07, 6.45) is 27.8. The zero-order chi connectivity index (χ0) is 48.2. The van der Waals surface area contributed by atoms with Crippen LogP contribution in [0.4, 0.5) is 0 Å². The standard InChI is InChI=1S/C52H95NO13/c1-3-5-7-9-11-13-14-15-16-17-18-19-20-21-22-23-24-25-26-28-29-31-33-35-41(56)40(53-44(57)36-34-32-30-27-12-10-8-6-4-2)39-63-51-49(62)47(60)50(43(38-55)65-51)66-52-48(61)46(59)45(58)42(37-54)64-52/h22-23,26,28,33,35,40-43,45-52,54-56,58-62H,3-21,24-25,27,29-32,34,36-39H2,1-2H3,(H,53,57)/b23-22+,28-26+,35-33+. The van der Waals surface area contributed by atoms with Crippen molar-refractivity contribution in [2.75, 3.05) is 19.8 Å². The topological polar surface area (TPSA) is 228 Å². The fraction of sp³-hybridized carbons (Fsp3) is 0.865. The van der Waals surface area contributed by atoms with E-state index < -0.39 is 86.8 Å². The van der Waals surface area contributed by atoms with E-state index in [2.05, 4.69) is 43.5 Å².